The number of barbiturate groups is 1. The van der Waals surface area contributed by atoms with Crippen LogP contribution in [0.15, 0.2) is 75.2 Å². The minimum atomic E-state index is -0.789. The summed E-state index contributed by atoms with van der Waals surface area (Å²) in [6.07, 6.45) is 2.26. The minimum Gasteiger partial charge on any atom is -0.490 e. The highest BCUT2D eigenvalue weighted by molar-refractivity contribution is 9.10. The summed E-state index contributed by atoms with van der Waals surface area (Å²) in [5.41, 5.74) is 2.76. The molecule has 3 aromatic carbocycles. The van der Waals surface area contributed by atoms with Gasteiger partial charge in [0.1, 0.15) is 12.2 Å². The number of aryl methyl sites for hydroxylation is 1. The molecule has 1 saturated heterocycles. The molecule has 0 saturated carbocycles. The molecule has 1 N–H and O–H groups in total. The van der Waals surface area contributed by atoms with E-state index < -0.39 is 17.8 Å². The third kappa shape index (κ3) is 5.94. The zero-order chi connectivity index (χ0) is 26.5. The first-order chi connectivity index (χ1) is 17.8. The van der Waals surface area contributed by atoms with Crippen molar-refractivity contribution in [2.45, 2.75) is 26.9 Å². The van der Waals surface area contributed by atoms with E-state index in [1.165, 1.54) is 6.08 Å². The molecule has 0 bridgehead atoms. The van der Waals surface area contributed by atoms with E-state index in [1.807, 2.05) is 50.2 Å². The quantitative estimate of drug-likeness (QED) is 0.230. The third-order valence-corrected chi connectivity index (χ3v) is 7.04. The zero-order valence-electron chi connectivity index (χ0n) is 20.2. The lowest BCUT2D eigenvalue weighted by Crippen LogP contribution is -2.54. The molecule has 3 aromatic rings. The van der Waals surface area contributed by atoms with Gasteiger partial charge in [0, 0.05) is 10.0 Å². The molecule has 190 valence electrons. The number of carbonyl (C=O) groups is 3. The molecule has 1 fully saturated rings. The van der Waals surface area contributed by atoms with E-state index in [0.29, 0.717) is 40.4 Å². The Balaban J connectivity index is 1.65. The van der Waals surface area contributed by atoms with Gasteiger partial charge in [-0.25, -0.2) is 9.69 Å². The van der Waals surface area contributed by atoms with Crippen molar-refractivity contribution < 1.29 is 23.9 Å². The largest absolute Gasteiger partial charge is 0.490 e. The van der Waals surface area contributed by atoms with Crippen LogP contribution in [0.3, 0.4) is 0 Å². The van der Waals surface area contributed by atoms with Gasteiger partial charge in [0.2, 0.25) is 0 Å². The van der Waals surface area contributed by atoms with Crippen molar-refractivity contribution in [3.63, 3.8) is 0 Å². The van der Waals surface area contributed by atoms with Crippen molar-refractivity contribution in [2.75, 3.05) is 11.5 Å². The van der Waals surface area contributed by atoms with Gasteiger partial charge in [0.05, 0.1) is 16.8 Å². The van der Waals surface area contributed by atoms with Crippen LogP contribution in [0.4, 0.5) is 10.5 Å². The minimum absolute atomic E-state index is 0.171. The Kier molecular flexibility index (Phi) is 8.45. The molecule has 4 rings (SSSR count). The Morgan fingerprint density at radius 1 is 0.919 bits per heavy atom. The SMILES string of the molecule is CCOc1cc(/C=C2\C(=O)NC(=O)N(c3ccc(CC)cc3)C2=O)cc(Br)c1OCc1ccccc1Br. The number of ether oxygens (including phenoxy) is 2. The van der Waals surface area contributed by atoms with Crippen LogP contribution in [0.2, 0.25) is 0 Å². The summed E-state index contributed by atoms with van der Waals surface area (Å²) in [7, 11) is 0. The van der Waals surface area contributed by atoms with E-state index in [1.54, 1.807) is 24.3 Å². The van der Waals surface area contributed by atoms with E-state index in [2.05, 4.69) is 37.2 Å². The molecule has 0 spiro atoms. The predicted molar refractivity (Wildman–Crippen MR) is 149 cm³/mol. The van der Waals surface area contributed by atoms with Gasteiger partial charge in [-0.05, 0) is 76.8 Å². The fraction of sp³-hybridized carbons (Fsp3) is 0.179. The van der Waals surface area contributed by atoms with Crippen molar-refractivity contribution in [3.8, 4) is 11.5 Å². The second-order valence-corrected chi connectivity index (χ2v) is 9.83. The van der Waals surface area contributed by atoms with Gasteiger partial charge < -0.3 is 9.47 Å². The van der Waals surface area contributed by atoms with Crippen molar-refractivity contribution in [1.29, 1.82) is 0 Å². The van der Waals surface area contributed by atoms with Crippen LogP contribution in [0.5, 0.6) is 11.5 Å². The van der Waals surface area contributed by atoms with E-state index in [4.69, 9.17) is 9.47 Å². The van der Waals surface area contributed by atoms with Gasteiger partial charge in [-0.1, -0.05) is 53.2 Å². The van der Waals surface area contributed by atoms with Crippen LogP contribution in [0.25, 0.3) is 6.08 Å². The topological polar surface area (TPSA) is 84.9 Å². The number of amides is 4. The Morgan fingerprint density at radius 3 is 2.32 bits per heavy atom. The maximum atomic E-state index is 13.3. The number of nitrogens with one attached hydrogen (secondary N) is 1. The van der Waals surface area contributed by atoms with E-state index >= 15 is 0 Å². The number of hydrogen-bond acceptors (Lipinski definition) is 5. The Morgan fingerprint density at radius 2 is 1.65 bits per heavy atom. The summed E-state index contributed by atoms with van der Waals surface area (Å²) < 4.78 is 13.4. The molecular weight excluding hydrogens is 604 g/mol. The third-order valence-electron chi connectivity index (χ3n) is 5.68. The highest BCUT2D eigenvalue weighted by atomic mass is 79.9. The lowest BCUT2D eigenvalue weighted by Gasteiger charge is -2.26. The van der Waals surface area contributed by atoms with Crippen molar-refractivity contribution in [3.05, 3.63) is 91.9 Å². The second-order valence-electron chi connectivity index (χ2n) is 8.12. The summed E-state index contributed by atoms with van der Waals surface area (Å²) in [5.74, 6) is -0.532. The number of carbonyl (C=O) groups excluding carboxylic acids is 3. The monoisotopic (exact) mass is 626 g/mol. The first kappa shape index (κ1) is 26.6. The number of benzene rings is 3. The highest BCUT2D eigenvalue weighted by Crippen LogP contribution is 2.38. The summed E-state index contributed by atoms with van der Waals surface area (Å²) in [6.45, 7) is 4.55. The maximum Gasteiger partial charge on any atom is 0.335 e. The van der Waals surface area contributed by atoms with Gasteiger partial charge in [0.15, 0.2) is 11.5 Å². The molecule has 1 aliphatic heterocycles. The normalized spacial score (nSPS) is 14.6. The molecule has 0 unspecified atom stereocenters. The van der Waals surface area contributed by atoms with Gasteiger partial charge in [0.25, 0.3) is 11.8 Å². The van der Waals surface area contributed by atoms with Gasteiger partial charge >= 0.3 is 6.03 Å². The maximum absolute atomic E-state index is 13.3. The van der Waals surface area contributed by atoms with Gasteiger partial charge in [-0.3, -0.25) is 14.9 Å². The lowest BCUT2D eigenvalue weighted by atomic mass is 10.1. The van der Waals surface area contributed by atoms with Crippen molar-refractivity contribution in [1.82, 2.24) is 5.32 Å². The number of urea groups is 1. The highest BCUT2D eigenvalue weighted by Gasteiger charge is 2.36. The standard InChI is InChI=1S/C28H24Br2N2O5/c1-3-17-9-11-20(12-10-17)32-27(34)21(26(33)31-28(32)35)13-18-14-23(30)25(24(15-18)36-4-2)37-16-19-7-5-6-8-22(19)29/h5-15H,3-4,16H2,1-2H3,(H,31,33,35)/b21-13+. The molecule has 0 aromatic heterocycles. The Labute approximate surface area is 231 Å². The number of imide groups is 2. The van der Waals surface area contributed by atoms with Crippen molar-refractivity contribution in [2.24, 2.45) is 0 Å². The summed E-state index contributed by atoms with van der Waals surface area (Å²) in [5, 5.41) is 2.25. The number of halogens is 2. The zero-order valence-corrected chi connectivity index (χ0v) is 23.4. The molecule has 0 radical (unpaired) electrons. The van der Waals surface area contributed by atoms with E-state index in [9.17, 15) is 14.4 Å². The van der Waals surface area contributed by atoms with Crippen LogP contribution in [-0.4, -0.2) is 24.5 Å². The molecule has 4 amide bonds. The van der Waals surface area contributed by atoms with Crippen molar-refractivity contribution >= 4 is 61.5 Å². The number of hydrogen-bond donors (Lipinski definition) is 1. The van der Waals surface area contributed by atoms with Crippen LogP contribution in [-0.2, 0) is 22.6 Å². The lowest BCUT2D eigenvalue weighted by molar-refractivity contribution is -0.122. The molecule has 7 nitrogen and oxygen atoms in total. The summed E-state index contributed by atoms with van der Waals surface area (Å²) >= 11 is 7.05. The smallest absolute Gasteiger partial charge is 0.335 e. The first-order valence-electron chi connectivity index (χ1n) is 11.6. The molecule has 0 atom stereocenters. The molecular formula is C28H24Br2N2O5. The number of nitrogens with zero attached hydrogens (tertiary/aromatic N) is 1. The van der Waals surface area contributed by atoms with E-state index in [-0.39, 0.29) is 5.57 Å². The van der Waals surface area contributed by atoms with Crippen LogP contribution in [0, 0.1) is 0 Å². The molecule has 9 heteroatoms. The summed E-state index contributed by atoms with van der Waals surface area (Å²) in [6, 6.07) is 17.4. The van der Waals surface area contributed by atoms with Crippen LogP contribution in [0.1, 0.15) is 30.5 Å². The average Bonchev–Trinajstić information content (AvgIpc) is 2.87. The molecule has 37 heavy (non-hydrogen) atoms. The molecule has 1 heterocycles. The fourth-order valence-electron chi connectivity index (χ4n) is 3.78. The van der Waals surface area contributed by atoms with E-state index in [0.717, 1.165) is 26.9 Å². The second kappa shape index (κ2) is 11.7. The molecule has 0 aliphatic carbocycles. The predicted octanol–water partition coefficient (Wildman–Crippen LogP) is 6.42. The van der Waals surface area contributed by atoms with Crippen LogP contribution < -0.4 is 19.7 Å². The Bertz CT molecular complexity index is 1390. The summed E-state index contributed by atoms with van der Waals surface area (Å²) in [4.78, 5) is 39.4. The number of rotatable bonds is 8. The first-order valence-corrected chi connectivity index (χ1v) is 13.2. The van der Waals surface area contributed by atoms with Gasteiger partial charge in [-0.2, -0.15) is 0 Å². The average molecular weight is 628 g/mol. The van der Waals surface area contributed by atoms with Gasteiger partial charge in [-0.15, -0.1) is 0 Å². The number of anilines is 1. The van der Waals surface area contributed by atoms with Crippen LogP contribution >= 0.6 is 31.9 Å². The Hall–Kier alpha value is -3.43. The fourth-order valence-corrected chi connectivity index (χ4v) is 4.75. The molecule has 1 aliphatic rings.